The van der Waals surface area contributed by atoms with E-state index in [1.165, 1.54) is 0 Å². The summed E-state index contributed by atoms with van der Waals surface area (Å²) in [5.74, 6) is 1.20. The Kier molecular flexibility index (Phi) is 5.39. The first-order chi connectivity index (χ1) is 16.1. The Morgan fingerprint density at radius 2 is 1.88 bits per heavy atom. The monoisotopic (exact) mass is 441 g/mol. The largest absolute Gasteiger partial charge is 0.335 e. The van der Waals surface area contributed by atoms with E-state index in [1.807, 2.05) is 60.4 Å². The molecule has 5 rings (SSSR count). The van der Waals surface area contributed by atoms with Crippen molar-refractivity contribution in [3.8, 4) is 28.5 Å². The molecule has 10 nitrogen and oxygen atoms in total. The number of nitrogens with one attached hydrogen (secondary N) is 1. The Balaban J connectivity index is 1.50. The van der Waals surface area contributed by atoms with E-state index < -0.39 is 0 Å². The molecule has 0 saturated heterocycles. The lowest BCUT2D eigenvalue weighted by Crippen LogP contribution is -2.26. The van der Waals surface area contributed by atoms with Crippen LogP contribution in [-0.4, -0.2) is 44.3 Å². The molecule has 4 heterocycles. The van der Waals surface area contributed by atoms with Crippen LogP contribution in [0.25, 0.3) is 28.5 Å². The summed E-state index contributed by atoms with van der Waals surface area (Å²) in [4.78, 5) is 22.1. The number of imidazole rings is 2. The summed E-state index contributed by atoms with van der Waals surface area (Å²) in [7, 11) is 1.87. The van der Waals surface area contributed by atoms with Crippen LogP contribution in [0.2, 0.25) is 0 Å². The molecule has 1 N–H and O–H groups in total. The van der Waals surface area contributed by atoms with Crippen LogP contribution in [0.4, 0.5) is 0 Å². The van der Waals surface area contributed by atoms with E-state index in [1.54, 1.807) is 21.5 Å². The highest BCUT2D eigenvalue weighted by Crippen LogP contribution is 2.24. The van der Waals surface area contributed by atoms with Crippen molar-refractivity contribution in [2.75, 3.05) is 0 Å². The second-order valence-corrected chi connectivity index (χ2v) is 7.81. The standard InChI is InChI=1S/C23H23N9O/c1-3-5-20-15-32(22-25-10-11-30(22)2)23(33)31(20)14-19-13-17(8-9-24-19)16-6-4-7-18(12-16)21-26-28-29-27-21/h4,6-13,15H,3,5,14H2,1-2H3,(H,26,27,28,29). The molecule has 0 amide bonds. The first-order valence-corrected chi connectivity index (χ1v) is 10.7. The predicted octanol–water partition coefficient (Wildman–Crippen LogP) is 2.62. The molecule has 0 bridgehead atoms. The maximum Gasteiger partial charge on any atom is 0.335 e. The van der Waals surface area contributed by atoms with E-state index in [0.717, 1.165) is 40.9 Å². The second-order valence-electron chi connectivity index (χ2n) is 7.81. The van der Waals surface area contributed by atoms with Crippen molar-refractivity contribution < 1.29 is 0 Å². The number of aromatic amines is 1. The highest BCUT2D eigenvalue weighted by molar-refractivity contribution is 5.70. The third kappa shape index (κ3) is 3.98. The van der Waals surface area contributed by atoms with Crippen LogP contribution >= 0.6 is 0 Å². The zero-order chi connectivity index (χ0) is 22.8. The molecule has 1 aromatic carbocycles. The Labute approximate surface area is 189 Å². The van der Waals surface area contributed by atoms with Gasteiger partial charge in [-0.3, -0.25) is 9.55 Å². The van der Waals surface area contributed by atoms with Gasteiger partial charge < -0.3 is 4.57 Å². The van der Waals surface area contributed by atoms with Crippen LogP contribution in [0.3, 0.4) is 0 Å². The number of nitrogens with zero attached hydrogens (tertiary/aromatic N) is 8. The van der Waals surface area contributed by atoms with Crippen LogP contribution in [0.5, 0.6) is 0 Å². The Morgan fingerprint density at radius 3 is 2.64 bits per heavy atom. The van der Waals surface area contributed by atoms with Crippen LogP contribution in [0.1, 0.15) is 24.7 Å². The van der Waals surface area contributed by atoms with E-state index in [-0.39, 0.29) is 5.69 Å². The summed E-state index contributed by atoms with van der Waals surface area (Å²) >= 11 is 0. The van der Waals surface area contributed by atoms with Crippen molar-refractivity contribution in [2.24, 2.45) is 7.05 Å². The molecule has 0 fully saturated rings. The summed E-state index contributed by atoms with van der Waals surface area (Å²) in [5.41, 5.74) is 4.54. The van der Waals surface area contributed by atoms with Gasteiger partial charge in [0.15, 0.2) is 5.82 Å². The van der Waals surface area contributed by atoms with Gasteiger partial charge in [-0.25, -0.2) is 19.4 Å². The Hall–Kier alpha value is -4.34. The van der Waals surface area contributed by atoms with Crippen molar-refractivity contribution in [1.82, 2.24) is 44.3 Å². The SMILES string of the molecule is CCCc1cn(-c2nccn2C)c(=O)n1Cc1cc(-c2cccc(-c3nnn[nH]3)c2)ccn1. The smallest absolute Gasteiger partial charge is 0.320 e. The van der Waals surface area contributed by atoms with Crippen molar-refractivity contribution in [3.05, 3.63) is 83.1 Å². The molecule has 0 aliphatic carbocycles. The van der Waals surface area contributed by atoms with Crippen LogP contribution in [-0.2, 0) is 20.0 Å². The lowest BCUT2D eigenvalue weighted by Gasteiger charge is -2.09. The topological polar surface area (TPSA) is 112 Å². The lowest BCUT2D eigenvalue weighted by molar-refractivity contribution is 0.672. The zero-order valence-electron chi connectivity index (χ0n) is 18.4. The molecule has 33 heavy (non-hydrogen) atoms. The average Bonchev–Trinajstić information content (AvgIpc) is 3.58. The number of pyridine rings is 1. The van der Waals surface area contributed by atoms with Gasteiger partial charge in [-0.1, -0.05) is 31.5 Å². The van der Waals surface area contributed by atoms with Crippen molar-refractivity contribution in [2.45, 2.75) is 26.3 Å². The lowest BCUT2D eigenvalue weighted by atomic mass is 10.0. The molecule has 0 atom stereocenters. The first kappa shape index (κ1) is 20.6. The molecular weight excluding hydrogens is 418 g/mol. The van der Waals surface area contributed by atoms with Crippen molar-refractivity contribution >= 4 is 0 Å². The summed E-state index contributed by atoms with van der Waals surface area (Å²) in [5, 5.41) is 14.1. The fourth-order valence-electron chi connectivity index (χ4n) is 3.92. The first-order valence-electron chi connectivity index (χ1n) is 10.7. The number of hydrogen-bond acceptors (Lipinski definition) is 6. The van der Waals surface area contributed by atoms with E-state index in [9.17, 15) is 4.79 Å². The van der Waals surface area contributed by atoms with Gasteiger partial charge in [0.2, 0.25) is 5.95 Å². The maximum atomic E-state index is 13.3. The minimum Gasteiger partial charge on any atom is -0.320 e. The van der Waals surface area contributed by atoms with Gasteiger partial charge in [-0.15, -0.1) is 5.10 Å². The molecule has 0 unspecified atom stereocenters. The second kappa shape index (κ2) is 8.65. The number of benzene rings is 1. The zero-order valence-corrected chi connectivity index (χ0v) is 18.4. The molecule has 0 radical (unpaired) electrons. The summed E-state index contributed by atoms with van der Waals surface area (Å²) in [6.45, 7) is 2.48. The van der Waals surface area contributed by atoms with Gasteiger partial charge in [0.25, 0.3) is 0 Å². The number of hydrogen-bond donors (Lipinski definition) is 1. The summed E-state index contributed by atoms with van der Waals surface area (Å²) in [6.07, 6.45) is 8.89. The van der Waals surface area contributed by atoms with Gasteiger partial charge >= 0.3 is 5.69 Å². The molecule has 5 aromatic rings. The minimum absolute atomic E-state index is 0.125. The third-order valence-corrected chi connectivity index (χ3v) is 5.53. The molecule has 166 valence electrons. The number of H-pyrrole nitrogens is 1. The maximum absolute atomic E-state index is 13.3. The molecule has 0 saturated carbocycles. The molecule has 0 spiro atoms. The molecule has 0 aliphatic rings. The number of tetrazole rings is 1. The van der Waals surface area contributed by atoms with E-state index in [2.05, 4.69) is 37.5 Å². The third-order valence-electron chi connectivity index (χ3n) is 5.53. The van der Waals surface area contributed by atoms with Gasteiger partial charge in [-0.2, -0.15) is 0 Å². The van der Waals surface area contributed by atoms with Crippen molar-refractivity contribution in [3.63, 3.8) is 0 Å². The van der Waals surface area contributed by atoms with E-state index in [4.69, 9.17) is 0 Å². The quantitative estimate of drug-likeness (QED) is 0.415. The van der Waals surface area contributed by atoms with Crippen LogP contribution < -0.4 is 5.69 Å². The van der Waals surface area contributed by atoms with Crippen LogP contribution in [0, 0.1) is 0 Å². The molecule has 10 heteroatoms. The normalized spacial score (nSPS) is 11.2. The Bertz CT molecular complexity index is 1440. The Morgan fingerprint density at radius 1 is 1.03 bits per heavy atom. The minimum atomic E-state index is -0.125. The van der Waals surface area contributed by atoms with Gasteiger partial charge in [0.05, 0.1) is 12.2 Å². The van der Waals surface area contributed by atoms with Gasteiger partial charge in [0, 0.05) is 43.1 Å². The van der Waals surface area contributed by atoms with E-state index >= 15 is 0 Å². The predicted molar refractivity (Wildman–Crippen MR) is 123 cm³/mol. The van der Waals surface area contributed by atoms with Crippen LogP contribution in [0.15, 0.2) is 66.0 Å². The summed E-state index contributed by atoms with van der Waals surface area (Å²) < 4.78 is 5.21. The van der Waals surface area contributed by atoms with E-state index in [0.29, 0.717) is 18.3 Å². The fraction of sp³-hybridized carbons (Fsp3) is 0.217. The molecule has 4 aromatic heterocycles. The molecular formula is C23H23N9O. The summed E-state index contributed by atoms with van der Waals surface area (Å²) in [6, 6.07) is 11.9. The highest BCUT2D eigenvalue weighted by atomic mass is 16.1. The van der Waals surface area contributed by atoms with Crippen molar-refractivity contribution in [1.29, 1.82) is 0 Å². The van der Waals surface area contributed by atoms with Gasteiger partial charge in [-0.05, 0) is 46.2 Å². The number of aromatic nitrogens is 9. The molecule has 0 aliphatic heterocycles. The number of rotatable bonds is 7. The number of aryl methyl sites for hydroxylation is 2. The van der Waals surface area contributed by atoms with Gasteiger partial charge in [0.1, 0.15) is 0 Å². The average molecular weight is 441 g/mol. The fourth-order valence-corrected chi connectivity index (χ4v) is 3.92. The highest BCUT2D eigenvalue weighted by Gasteiger charge is 2.16.